The van der Waals surface area contributed by atoms with E-state index in [-0.39, 0.29) is 17.7 Å². The highest BCUT2D eigenvalue weighted by molar-refractivity contribution is 5.53. The van der Waals surface area contributed by atoms with Crippen molar-refractivity contribution < 1.29 is 8.91 Å². The first kappa shape index (κ1) is 14.2. The van der Waals surface area contributed by atoms with Crippen molar-refractivity contribution in [1.82, 2.24) is 20.4 Å². The van der Waals surface area contributed by atoms with Crippen LogP contribution in [0.25, 0.3) is 11.5 Å². The highest BCUT2D eigenvalue weighted by Crippen LogP contribution is 2.26. The third kappa shape index (κ3) is 2.96. The van der Waals surface area contributed by atoms with E-state index in [1.807, 2.05) is 0 Å². The number of nitrogens with one attached hydrogen (secondary N) is 1. The predicted molar refractivity (Wildman–Crippen MR) is 77.2 cm³/mol. The summed E-state index contributed by atoms with van der Waals surface area (Å²) in [6.07, 6.45) is 0.899. The Morgan fingerprint density at radius 1 is 1.33 bits per heavy atom. The van der Waals surface area contributed by atoms with Crippen molar-refractivity contribution in [3.8, 4) is 11.5 Å². The fraction of sp³-hybridized carbons (Fsp3) is 0.467. The van der Waals surface area contributed by atoms with Crippen molar-refractivity contribution in [3.05, 3.63) is 35.9 Å². The number of piperazine rings is 1. The zero-order valence-electron chi connectivity index (χ0n) is 12.1. The quantitative estimate of drug-likeness (QED) is 0.936. The van der Waals surface area contributed by atoms with E-state index in [2.05, 4.69) is 27.3 Å². The van der Waals surface area contributed by atoms with Gasteiger partial charge in [0, 0.05) is 26.2 Å². The first-order chi connectivity index (χ1) is 10.3. The molecular formula is C15H19FN4O. The van der Waals surface area contributed by atoms with Gasteiger partial charge in [0.05, 0.1) is 11.6 Å². The summed E-state index contributed by atoms with van der Waals surface area (Å²) in [6, 6.07) is 6.57. The highest BCUT2D eigenvalue weighted by Gasteiger charge is 2.25. The Morgan fingerprint density at radius 2 is 2.10 bits per heavy atom. The summed E-state index contributed by atoms with van der Waals surface area (Å²) in [6.45, 7) is 5.96. The average molecular weight is 290 g/mol. The number of nitrogens with zero attached hydrogens (tertiary/aromatic N) is 3. The van der Waals surface area contributed by atoms with Gasteiger partial charge in [-0.25, -0.2) is 4.39 Å². The summed E-state index contributed by atoms with van der Waals surface area (Å²) < 4.78 is 19.0. The molecule has 1 fully saturated rings. The molecule has 6 heteroatoms. The summed E-state index contributed by atoms with van der Waals surface area (Å²) in [4.78, 5) is 6.75. The van der Waals surface area contributed by atoms with Crippen LogP contribution in [0.1, 0.15) is 25.2 Å². The summed E-state index contributed by atoms with van der Waals surface area (Å²) >= 11 is 0. The van der Waals surface area contributed by atoms with Gasteiger partial charge in [0.2, 0.25) is 0 Å². The topological polar surface area (TPSA) is 54.2 Å². The SMILES string of the molecule is CCC(c1noc(-c2ccccc2F)n1)N1CCNCC1. The van der Waals surface area contributed by atoms with Crippen LogP contribution < -0.4 is 5.32 Å². The van der Waals surface area contributed by atoms with Crippen molar-refractivity contribution in [1.29, 1.82) is 0 Å². The zero-order chi connectivity index (χ0) is 14.7. The molecule has 0 aliphatic carbocycles. The Kier molecular flexibility index (Phi) is 4.26. The second-order valence-electron chi connectivity index (χ2n) is 5.15. The van der Waals surface area contributed by atoms with E-state index in [9.17, 15) is 4.39 Å². The van der Waals surface area contributed by atoms with Crippen LogP contribution in [0.2, 0.25) is 0 Å². The summed E-state index contributed by atoms with van der Waals surface area (Å²) in [7, 11) is 0. The highest BCUT2D eigenvalue weighted by atomic mass is 19.1. The Labute approximate surface area is 123 Å². The van der Waals surface area contributed by atoms with Crippen LogP contribution in [0.3, 0.4) is 0 Å². The first-order valence-corrected chi connectivity index (χ1v) is 7.33. The van der Waals surface area contributed by atoms with Gasteiger partial charge < -0.3 is 9.84 Å². The van der Waals surface area contributed by atoms with Crippen LogP contribution in [0.4, 0.5) is 4.39 Å². The summed E-state index contributed by atoms with van der Waals surface area (Å²) in [5.41, 5.74) is 0.353. The first-order valence-electron chi connectivity index (χ1n) is 7.33. The van der Waals surface area contributed by atoms with E-state index in [1.165, 1.54) is 6.07 Å². The van der Waals surface area contributed by atoms with Gasteiger partial charge in [0.15, 0.2) is 5.82 Å². The smallest absolute Gasteiger partial charge is 0.260 e. The molecule has 1 aromatic carbocycles. The predicted octanol–water partition coefficient (Wildman–Crippen LogP) is 2.23. The zero-order valence-corrected chi connectivity index (χ0v) is 12.1. The Balaban J connectivity index is 1.84. The number of benzene rings is 1. The minimum Gasteiger partial charge on any atom is -0.334 e. The third-order valence-corrected chi connectivity index (χ3v) is 3.82. The fourth-order valence-corrected chi connectivity index (χ4v) is 2.71. The van der Waals surface area contributed by atoms with Gasteiger partial charge >= 0.3 is 0 Å². The molecule has 5 nitrogen and oxygen atoms in total. The fourth-order valence-electron chi connectivity index (χ4n) is 2.71. The molecule has 0 spiro atoms. The van der Waals surface area contributed by atoms with Crippen molar-refractivity contribution in [2.45, 2.75) is 19.4 Å². The molecule has 1 N–H and O–H groups in total. The van der Waals surface area contributed by atoms with E-state index >= 15 is 0 Å². The molecule has 1 aliphatic rings. The maximum Gasteiger partial charge on any atom is 0.260 e. The normalized spacial score (nSPS) is 17.8. The van der Waals surface area contributed by atoms with Gasteiger partial charge in [-0.1, -0.05) is 24.2 Å². The van der Waals surface area contributed by atoms with Crippen molar-refractivity contribution in [2.75, 3.05) is 26.2 Å². The molecule has 2 aromatic rings. The molecule has 1 aromatic heterocycles. The molecule has 0 bridgehead atoms. The summed E-state index contributed by atoms with van der Waals surface area (Å²) in [5, 5.41) is 7.39. The van der Waals surface area contributed by atoms with Gasteiger partial charge in [-0.15, -0.1) is 0 Å². The van der Waals surface area contributed by atoms with Gasteiger partial charge in [0.1, 0.15) is 5.82 Å². The van der Waals surface area contributed by atoms with Gasteiger partial charge in [-0.3, -0.25) is 4.90 Å². The van der Waals surface area contributed by atoms with Crippen LogP contribution in [0, 0.1) is 5.82 Å². The lowest BCUT2D eigenvalue weighted by Crippen LogP contribution is -2.45. The van der Waals surface area contributed by atoms with Gasteiger partial charge in [0.25, 0.3) is 5.89 Å². The molecule has 21 heavy (non-hydrogen) atoms. The van der Waals surface area contributed by atoms with E-state index < -0.39 is 0 Å². The van der Waals surface area contributed by atoms with Crippen LogP contribution in [0.15, 0.2) is 28.8 Å². The lowest BCUT2D eigenvalue weighted by molar-refractivity contribution is 0.160. The number of aromatic nitrogens is 2. The molecule has 3 rings (SSSR count). The van der Waals surface area contributed by atoms with E-state index in [0.717, 1.165) is 32.6 Å². The Bertz CT molecular complexity index is 595. The second-order valence-corrected chi connectivity index (χ2v) is 5.15. The minimum atomic E-state index is -0.345. The van der Waals surface area contributed by atoms with Crippen LogP contribution >= 0.6 is 0 Å². The lowest BCUT2D eigenvalue weighted by atomic mass is 10.1. The molecule has 2 heterocycles. The Hall–Kier alpha value is -1.79. The van der Waals surface area contributed by atoms with E-state index in [0.29, 0.717) is 11.4 Å². The standard InChI is InChI=1S/C15H19FN4O/c1-2-13(20-9-7-17-8-10-20)14-18-15(21-19-14)11-5-3-4-6-12(11)16/h3-6,13,17H,2,7-10H2,1H3. The Morgan fingerprint density at radius 3 is 2.81 bits per heavy atom. The monoisotopic (exact) mass is 290 g/mol. The molecular weight excluding hydrogens is 271 g/mol. The van der Waals surface area contributed by atoms with Crippen molar-refractivity contribution >= 4 is 0 Å². The molecule has 1 unspecified atom stereocenters. The van der Waals surface area contributed by atoms with Crippen molar-refractivity contribution in [3.63, 3.8) is 0 Å². The minimum absolute atomic E-state index is 0.122. The number of halogens is 1. The lowest BCUT2D eigenvalue weighted by Gasteiger charge is -2.32. The van der Waals surface area contributed by atoms with Crippen LogP contribution in [-0.4, -0.2) is 41.2 Å². The molecule has 0 saturated carbocycles. The van der Waals surface area contributed by atoms with Gasteiger partial charge in [-0.05, 0) is 18.6 Å². The molecule has 1 aliphatic heterocycles. The third-order valence-electron chi connectivity index (χ3n) is 3.82. The molecule has 0 amide bonds. The average Bonchev–Trinajstić information content (AvgIpc) is 2.99. The summed E-state index contributed by atoms with van der Waals surface area (Å²) in [5.74, 6) is 0.539. The maximum atomic E-state index is 13.8. The van der Waals surface area contributed by atoms with Gasteiger partial charge in [-0.2, -0.15) is 4.98 Å². The van der Waals surface area contributed by atoms with E-state index in [4.69, 9.17) is 4.52 Å². The second kappa shape index (κ2) is 6.32. The number of hydrogen-bond acceptors (Lipinski definition) is 5. The van der Waals surface area contributed by atoms with Crippen LogP contribution in [0.5, 0.6) is 0 Å². The largest absolute Gasteiger partial charge is 0.334 e. The number of hydrogen-bond donors (Lipinski definition) is 1. The molecule has 1 atom stereocenters. The van der Waals surface area contributed by atoms with Crippen LogP contribution in [-0.2, 0) is 0 Å². The molecule has 112 valence electrons. The molecule has 1 saturated heterocycles. The van der Waals surface area contributed by atoms with E-state index in [1.54, 1.807) is 18.2 Å². The maximum absolute atomic E-state index is 13.8. The number of rotatable bonds is 4. The van der Waals surface area contributed by atoms with Crippen molar-refractivity contribution in [2.24, 2.45) is 0 Å². The molecule has 0 radical (unpaired) electrons.